The molecule has 0 fully saturated rings. The molecule has 1 aliphatic heterocycles. The predicted octanol–water partition coefficient (Wildman–Crippen LogP) is 4.96. The SMILES string of the molecule is CCn1nnc2c(C)c(C(CC(=O)OC)c3cc(C)c4c(c3)CN(C(=O)c3ccccc3)CC4)ccc21. The van der Waals surface area contributed by atoms with Crippen molar-refractivity contribution in [3.8, 4) is 0 Å². The lowest BCUT2D eigenvalue weighted by atomic mass is 9.82. The molecular formula is C30H32N4O3. The number of rotatable bonds is 6. The van der Waals surface area contributed by atoms with Gasteiger partial charge in [0.05, 0.1) is 19.0 Å². The second kappa shape index (κ2) is 10.2. The van der Waals surface area contributed by atoms with Crippen LogP contribution < -0.4 is 0 Å². The molecule has 3 aromatic carbocycles. The Labute approximate surface area is 217 Å². The summed E-state index contributed by atoms with van der Waals surface area (Å²) in [7, 11) is 1.42. The third kappa shape index (κ3) is 4.61. The summed E-state index contributed by atoms with van der Waals surface area (Å²) in [5, 5.41) is 8.71. The molecule has 1 aliphatic rings. The van der Waals surface area contributed by atoms with Crippen molar-refractivity contribution in [2.45, 2.75) is 52.6 Å². The van der Waals surface area contributed by atoms with Gasteiger partial charge in [0.2, 0.25) is 0 Å². The lowest BCUT2D eigenvalue weighted by molar-refractivity contribution is -0.140. The second-order valence-corrected chi connectivity index (χ2v) is 9.70. The predicted molar refractivity (Wildman–Crippen MR) is 142 cm³/mol. The van der Waals surface area contributed by atoms with E-state index >= 15 is 0 Å². The fraction of sp³-hybridized carbons (Fsp3) is 0.333. The van der Waals surface area contributed by atoms with Crippen molar-refractivity contribution in [2.24, 2.45) is 0 Å². The summed E-state index contributed by atoms with van der Waals surface area (Å²) < 4.78 is 6.97. The van der Waals surface area contributed by atoms with Gasteiger partial charge in [-0.1, -0.05) is 41.6 Å². The van der Waals surface area contributed by atoms with Gasteiger partial charge in [-0.15, -0.1) is 5.10 Å². The van der Waals surface area contributed by atoms with Crippen LogP contribution in [0.1, 0.15) is 63.0 Å². The van der Waals surface area contributed by atoms with E-state index in [-0.39, 0.29) is 24.2 Å². The number of amides is 1. The van der Waals surface area contributed by atoms with E-state index in [1.807, 2.05) is 59.8 Å². The van der Waals surface area contributed by atoms with Gasteiger partial charge in [0, 0.05) is 31.1 Å². The average Bonchev–Trinajstić information content (AvgIpc) is 3.36. The molecule has 4 aromatic rings. The molecule has 190 valence electrons. The number of hydrogen-bond donors (Lipinski definition) is 0. The summed E-state index contributed by atoms with van der Waals surface area (Å²) >= 11 is 0. The number of aromatic nitrogens is 3. The van der Waals surface area contributed by atoms with E-state index in [0.717, 1.165) is 46.3 Å². The molecule has 0 radical (unpaired) electrons. The van der Waals surface area contributed by atoms with E-state index in [1.165, 1.54) is 18.2 Å². The second-order valence-electron chi connectivity index (χ2n) is 9.70. The van der Waals surface area contributed by atoms with Crippen LogP contribution in [0.4, 0.5) is 0 Å². The first-order valence-electron chi connectivity index (χ1n) is 12.8. The first-order valence-corrected chi connectivity index (χ1v) is 12.8. The number of esters is 1. The van der Waals surface area contributed by atoms with Crippen molar-refractivity contribution in [3.63, 3.8) is 0 Å². The summed E-state index contributed by atoms with van der Waals surface area (Å²) in [4.78, 5) is 27.6. The molecule has 7 nitrogen and oxygen atoms in total. The van der Waals surface area contributed by atoms with Gasteiger partial charge in [-0.05, 0) is 78.8 Å². The highest BCUT2D eigenvalue weighted by Crippen LogP contribution is 2.36. The lowest BCUT2D eigenvalue weighted by Gasteiger charge is -2.31. The zero-order chi connectivity index (χ0) is 26.1. The molecule has 0 saturated heterocycles. The van der Waals surface area contributed by atoms with Crippen LogP contribution in [0.15, 0.2) is 54.6 Å². The molecule has 0 bridgehead atoms. The Hall–Kier alpha value is -4.00. The van der Waals surface area contributed by atoms with Gasteiger partial charge in [0.15, 0.2) is 0 Å². The minimum Gasteiger partial charge on any atom is -0.469 e. The number of benzene rings is 3. The van der Waals surface area contributed by atoms with Crippen molar-refractivity contribution >= 4 is 22.9 Å². The summed E-state index contributed by atoms with van der Waals surface area (Å²) in [5.74, 6) is -0.425. The molecule has 2 heterocycles. The zero-order valence-corrected chi connectivity index (χ0v) is 21.8. The van der Waals surface area contributed by atoms with E-state index in [9.17, 15) is 9.59 Å². The van der Waals surface area contributed by atoms with E-state index in [1.54, 1.807) is 0 Å². The third-order valence-corrected chi connectivity index (χ3v) is 7.55. The first-order chi connectivity index (χ1) is 17.9. The van der Waals surface area contributed by atoms with Gasteiger partial charge >= 0.3 is 5.97 Å². The Morgan fingerprint density at radius 3 is 2.59 bits per heavy atom. The molecule has 37 heavy (non-hydrogen) atoms. The molecule has 1 atom stereocenters. The number of ether oxygens (including phenoxy) is 1. The molecule has 0 aliphatic carbocycles. The maximum Gasteiger partial charge on any atom is 0.306 e. The number of aryl methyl sites for hydroxylation is 3. The Morgan fingerprint density at radius 1 is 1.08 bits per heavy atom. The van der Waals surface area contributed by atoms with Gasteiger partial charge in [-0.25, -0.2) is 4.68 Å². The third-order valence-electron chi connectivity index (χ3n) is 7.55. The molecule has 1 aromatic heterocycles. The van der Waals surface area contributed by atoms with Crippen LogP contribution in [-0.2, 0) is 29.0 Å². The fourth-order valence-electron chi connectivity index (χ4n) is 5.54. The summed E-state index contributed by atoms with van der Waals surface area (Å²) in [6.07, 6.45) is 1.03. The minimum atomic E-state index is -0.266. The Morgan fingerprint density at radius 2 is 1.86 bits per heavy atom. The highest BCUT2D eigenvalue weighted by Gasteiger charge is 2.27. The highest BCUT2D eigenvalue weighted by molar-refractivity contribution is 5.94. The quantitative estimate of drug-likeness (QED) is 0.353. The maximum absolute atomic E-state index is 13.2. The van der Waals surface area contributed by atoms with Gasteiger partial charge in [0.1, 0.15) is 5.52 Å². The van der Waals surface area contributed by atoms with Crippen molar-refractivity contribution in [1.29, 1.82) is 0 Å². The molecule has 0 spiro atoms. The summed E-state index contributed by atoms with van der Waals surface area (Å²) in [6, 6.07) is 17.9. The summed E-state index contributed by atoms with van der Waals surface area (Å²) in [5.41, 5.74) is 9.24. The molecular weight excluding hydrogens is 464 g/mol. The van der Waals surface area contributed by atoms with Crippen LogP contribution in [0.25, 0.3) is 11.0 Å². The number of carbonyl (C=O) groups excluding carboxylic acids is 2. The largest absolute Gasteiger partial charge is 0.469 e. The summed E-state index contributed by atoms with van der Waals surface area (Å²) in [6.45, 7) is 8.18. The van der Waals surface area contributed by atoms with Gasteiger partial charge in [-0.3, -0.25) is 9.59 Å². The fourth-order valence-corrected chi connectivity index (χ4v) is 5.54. The molecule has 1 amide bonds. The van der Waals surface area contributed by atoms with Crippen LogP contribution in [0.3, 0.4) is 0 Å². The van der Waals surface area contributed by atoms with Crippen LogP contribution in [-0.4, -0.2) is 45.4 Å². The number of methoxy groups -OCH3 is 1. The van der Waals surface area contributed by atoms with Crippen LogP contribution in [0, 0.1) is 13.8 Å². The highest BCUT2D eigenvalue weighted by atomic mass is 16.5. The van der Waals surface area contributed by atoms with Crippen LogP contribution in [0.5, 0.6) is 0 Å². The minimum absolute atomic E-state index is 0.0423. The Balaban J connectivity index is 1.55. The van der Waals surface area contributed by atoms with Crippen molar-refractivity contribution in [3.05, 3.63) is 93.5 Å². The standard InChI is InChI=1S/C30H32N4O3/c1-5-34-27-12-11-25(20(3)29(27)31-32-34)26(17-28(35)37-4)22-15-19(2)24-13-14-33(18-23(24)16-22)30(36)21-9-7-6-8-10-21/h6-12,15-16,26H,5,13-14,17-18H2,1-4H3. The monoisotopic (exact) mass is 496 g/mol. The number of nitrogens with zero attached hydrogens (tertiary/aromatic N) is 4. The molecule has 1 unspecified atom stereocenters. The lowest BCUT2D eigenvalue weighted by Crippen LogP contribution is -2.36. The van der Waals surface area contributed by atoms with Crippen molar-refractivity contribution < 1.29 is 14.3 Å². The van der Waals surface area contributed by atoms with Crippen LogP contribution >= 0.6 is 0 Å². The molecule has 0 saturated carbocycles. The van der Waals surface area contributed by atoms with E-state index in [2.05, 4.69) is 35.4 Å². The average molecular weight is 497 g/mol. The normalized spacial score (nSPS) is 13.9. The molecule has 0 N–H and O–H groups in total. The van der Waals surface area contributed by atoms with Crippen LogP contribution in [0.2, 0.25) is 0 Å². The number of fused-ring (bicyclic) bond motifs is 2. The number of hydrogen-bond acceptors (Lipinski definition) is 5. The zero-order valence-electron chi connectivity index (χ0n) is 21.8. The van der Waals surface area contributed by atoms with Gasteiger partial charge in [-0.2, -0.15) is 0 Å². The first kappa shape index (κ1) is 24.7. The van der Waals surface area contributed by atoms with E-state index in [0.29, 0.717) is 18.7 Å². The number of carbonyl (C=O) groups is 2. The van der Waals surface area contributed by atoms with Crippen molar-refractivity contribution in [1.82, 2.24) is 19.9 Å². The Kier molecular flexibility index (Phi) is 6.78. The van der Waals surface area contributed by atoms with Gasteiger partial charge < -0.3 is 9.64 Å². The topological polar surface area (TPSA) is 77.3 Å². The van der Waals surface area contributed by atoms with E-state index in [4.69, 9.17) is 4.74 Å². The molecule has 7 heteroatoms. The molecule has 5 rings (SSSR count). The maximum atomic E-state index is 13.2. The smallest absolute Gasteiger partial charge is 0.306 e. The van der Waals surface area contributed by atoms with E-state index < -0.39 is 0 Å². The Bertz CT molecular complexity index is 1480. The van der Waals surface area contributed by atoms with Gasteiger partial charge in [0.25, 0.3) is 5.91 Å². The van der Waals surface area contributed by atoms with Crippen molar-refractivity contribution in [2.75, 3.05) is 13.7 Å².